The maximum Gasteiger partial charge on any atom is 0.284 e. The maximum absolute atomic E-state index is 12.0. The zero-order chi connectivity index (χ0) is 14.5. The summed E-state index contributed by atoms with van der Waals surface area (Å²) in [6.45, 7) is 0.738. The Morgan fingerprint density at radius 3 is 2.80 bits per heavy atom. The number of hydrogen-bond donors (Lipinski definition) is 1. The molecule has 1 N–H and O–H groups in total. The van der Waals surface area contributed by atoms with Crippen molar-refractivity contribution in [3.63, 3.8) is 0 Å². The molecule has 4 nitrogen and oxygen atoms in total. The summed E-state index contributed by atoms with van der Waals surface area (Å²) in [6.07, 6.45) is 6.77. The van der Waals surface area contributed by atoms with Crippen LogP contribution in [0.15, 0.2) is 44.2 Å². The van der Waals surface area contributed by atoms with E-state index in [1.54, 1.807) is 6.20 Å². The lowest BCUT2D eigenvalue weighted by molar-refractivity contribution is 0.659. The highest BCUT2D eigenvalue weighted by Gasteiger charge is 2.08. The molecule has 6 heteroatoms. The number of halogens is 2. The number of rotatable bonds is 4. The van der Waals surface area contributed by atoms with E-state index in [4.69, 9.17) is 6.42 Å². The van der Waals surface area contributed by atoms with Crippen molar-refractivity contribution >= 4 is 37.5 Å². The van der Waals surface area contributed by atoms with Gasteiger partial charge in [-0.15, -0.1) is 6.42 Å². The molecular weight excluding hydrogens is 386 g/mol. The second kappa shape index (κ2) is 6.73. The van der Waals surface area contributed by atoms with Gasteiger partial charge in [0, 0.05) is 11.0 Å². The third-order valence-electron chi connectivity index (χ3n) is 2.65. The van der Waals surface area contributed by atoms with E-state index in [9.17, 15) is 4.79 Å². The van der Waals surface area contributed by atoms with E-state index < -0.39 is 0 Å². The lowest BCUT2D eigenvalue weighted by Crippen LogP contribution is -2.24. The van der Waals surface area contributed by atoms with Crippen LogP contribution in [0.2, 0.25) is 0 Å². The fourth-order valence-electron chi connectivity index (χ4n) is 1.62. The zero-order valence-corrected chi connectivity index (χ0v) is 13.6. The lowest BCUT2D eigenvalue weighted by Gasteiger charge is -2.10. The van der Waals surface area contributed by atoms with Crippen molar-refractivity contribution in [1.82, 2.24) is 9.78 Å². The van der Waals surface area contributed by atoms with Crippen LogP contribution in [0.25, 0.3) is 0 Å². The molecule has 0 aliphatic carbocycles. The van der Waals surface area contributed by atoms with E-state index in [0.29, 0.717) is 16.7 Å². The molecule has 0 bridgehead atoms. The Labute approximate surface area is 133 Å². The number of nitrogens with one attached hydrogen (secondary N) is 1. The van der Waals surface area contributed by atoms with Gasteiger partial charge in [0.05, 0.1) is 11.9 Å². The smallest absolute Gasteiger partial charge is 0.284 e. The third-order valence-corrected chi connectivity index (χ3v) is 4.19. The Hall–Kier alpha value is -1.58. The first kappa shape index (κ1) is 14.8. The first-order valence-corrected chi connectivity index (χ1v) is 7.38. The van der Waals surface area contributed by atoms with Crippen LogP contribution < -0.4 is 10.9 Å². The Balaban J connectivity index is 2.19. The topological polar surface area (TPSA) is 46.9 Å². The number of terminal acetylenes is 1. The molecule has 0 fully saturated rings. The normalized spacial score (nSPS) is 10.1. The number of benzene rings is 1. The lowest BCUT2D eigenvalue weighted by atomic mass is 10.2. The van der Waals surface area contributed by atoms with Crippen molar-refractivity contribution in [3.05, 3.63) is 55.3 Å². The summed E-state index contributed by atoms with van der Waals surface area (Å²) < 4.78 is 2.67. The van der Waals surface area contributed by atoms with Gasteiger partial charge in [-0.2, -0.15) is 5.10 Å². The van der Waals surface area contributed by atoms with Crippen LogP contribution in [0.4, 0.5) is 5.69 Å². The quantitative estimate of drug-likeness (QED) is 0.808. The van der Waals surface area contributed by atoms with Crippen LogP contribution >= 0.6 is 31.9 Å². The molecule has 0 radical (unpaired) electrons. The van der Waals surface area contributed by atoms with Gasteiger partial charge >= 0.3 is 0 Å². The number of anilines is 1. The molecule has 1 aromatic heterocycles. The summed E-state index contributed by atoms with van der Waals surface area (Å²) in [6, 6.07) is 7.87. The molecule has 20 heavy (non-hydrogen) atoms. The number of hydrogen-bond acceptors (Lipinski definition) is 3. The molecule has 0 unspecified atom stereocenters. The minimum Gasteiger partial charge on any atom is -0.379 e. The molecule has 1 heterocycles. The molecule has 0 aliphatic heterocycles. The van der Waals surface area contributed by atoms with Gasteiger partial charge in [0.2, 0.25) is 0 Å². The summed E-state index contributed by atoms with van der Waals surface area (Å²) in [5, 5.41) is 7.20. The van der Waals surface area contributed by atoms with E-state index in [1.165, 1.54) is 4.68 Å². The van der Waals surface area contributed by atoms with Crippen LogP contribution in [0, 0.1) is 12.3 Å². The van der Waals surface area contributed by atoms with E-state index >= 15 is 0 Å². The third kappa shape index (κ3) is 3.30. The van der Waals surface area contributed by atoms with Crippen LogP contribution in [0.1, 0.15) is 5.56 Å². The largest absolute Gasteiger partial charge is 0.379 e. The first-order chi connectivity index (χ1) is 9.63. The fourth-order valence-corrected chi connectivity index (χ4v) is 2.49. The van der Waals surface area contributed by atoms with E-state index in [1.807, 2.05) is 24.3 Å². The minimum absolute atomic E-state index is 0.155. The van der Waals surface area contributed by atoms with Gasteiger partial charge in [0.25, 0.3) is 5.56 Å². The Kier molecular flexibility index (Phi) is 4.99. The van der Waals surface area contributed by atoms with Crippen molar-refractivity contribution in [2.45, 2.75) is 13.1 Å². The summed E-state index contributed by atoms with van der Waals surface area (Å²) in [5.41, 5.74) is 1.48. The van der Waals surface area contributed by atoms with Gasteiger partial charge in [-0.25, -0.2) is 4.68 Å². The van der Waals surface area contributed by atoms with Crippen molar-refractivity contribution < 1.29 is 0 Å². The molecule has 0 aliphatic rings. The summed E-state index contributed by atoms with van der Waals surface area (Å²) in [4.78, 5) is 12.0. The average Bonchev–Trinajstić information content (AvgIpc) is 2.45. The van der Waals surface area contributed by atoms with Gasteiger partial charge in [0.1, 0.15) is 11.0 Å². The standard InChI is InChI=1S/C14H11Br2N3O/c1-2-7-19-14(20)13(16)12(9-18-19)17-8-10-5-3-4-6-11(10)15/h1,3-6,9,17H,7-8H2. The SMILES string of the molecule is C#CCn1ncc(NCc2ccccc2Br)c(Br)c1=O. The fraction of sp³-hybridized carbons (Fsp3) is 0.143. The van der Waals surface area contributed by atoms with Crippen LogP contribution in [-0.4, -0.2) is 9.78 Å². The van der Waals surface area contributed by atoms with Crippen LogP contribution in [0.3, 0.4) is 0 Å². The highest BCUT2D eigenvalue weighted by atomic mass is 79.9. The molecule has 0 atom stereocenters. The Morgan fingerprint density at radius 2 is 2.10 bits per heavy atom. The zero-order valence-electron chi connectivity index (χ0n) is 10.4. The molecule has 0 saturated heterocycles. The summed E-state index contributed by atoms with van der Waals surface area (Å²) in [7, 11) is 0. The first-order valence-electron chi connectivity index (χ1n) is 5.80. The number of aromatic nitrogens is 2. The molecule has 0 saturated carbocycles. The summed E-state index contributed by atoms with van der Waals surface area (Å²) >= 11 is 6.76. The van der Waals surface area contributed by atoms with Gasteiger partial charge in [-0.3, -0.25) is 4.79 Å². The molecule has 0 spiro atoms. The molecule has 102 valence electrons. The van der Waals surface area contributed by atoms with Crippen LogP contribution in [-0.2, 0) is 13.1 Å². The maximum atomic E-state index is 12.0. The molecule has 0 amide bonds. The van der Waals surface area contributed by atoms with E-state index in [2.05, 4.69) is 48.2 Å². The predicted molar refractivity (Wildman–Crippen MR) is 86.5 cm³/mol. The van der Waals surface area contributed by atoms with Gasteiger partial charge in [-0.05, 0) is 27.6 Å². The molecule has 2 aromatic rings. The monoisotopic (exact) mass is 395 g/mol. The van der Waals surface area contributed by atoms with Crippen molar-refractivity contribution in [2.75, 3.05) is 5.32 Å². The van der Waals surface area contributed by atoms with Crippen molar-refractivity contribution in [1.29, 1.82) is 0 Å². The Morgan fingerprint density at radius 1 is 1.35 bits per heavy atom. The predicted octanol–water partition coefficient (Wildman–Crippen LogP) is 3.01. The molecular formula is C14H11Br2N3O. The van der Waals surface area contributed by atoms with Crippen molar-refractivity contribution in [2.24, 2.45) is 0 Å². The molecule has 1 aromatic carbocycles. The van der Waals surface area contributed by atoms with Gasteiger partial charge in [-0.1, -0.05) is 40.0 Å². The van der Waals surface area contributed by atoms with E-state index in [-0.39, 0.29) is 12.1 Å². The summed E-state index contributed by atoms with van der Waals surface area (Å²) in [5.74, 6) is 2.39. The number of nitrogens with zero attached hydrogens (tertiary/aromatic N) is 2. The van der Waals surface area contributed by atoms with Gasteiger partial charge < -0.3 is 5.32 Å². The second-order valence-corrected chi connectivity index (χ2v) is 5.63. The highest BCUT2D eigenvalue weighted by Crippen LogP contribution is 2.20. The van der Waals surface area contributed by atoms with Gasteiger partial charge in [0.15, 0.2) is 0 Å². The second-order valence-electron chi connectivity index (χ2n) is 3.98. The average molecular weight is 397 g/mol. The van der Waals surface area contributed by atoms with Crippen LogP contribution in [0.5, 0.6) is 0 Å². The van der Waals surface area contributed by atoms with Crippen molar-refractivity contribution in [3.8, 4) is 12.3 Å². The molecule has 2 rings (SSSR count). The Bertz CT molecular complexity index is 719. The van der Waals surface area contributed by atoms with E-state index in [0.717, 1.165) is 10.0 Å². The minimum atomic E-state index is -0.250. The highest BCUT2D eigenvalue weighted by molar-refractivity contribution is 9.10.